The molecular weight excluding hydrogens is 226 g/mol. The lowest BCUT2D eigenvalue weighted by molar-refractivity contribution is 0.100. The molecule has 0 saturated heterocycles. The van der Waals surface area contributed by atoms with Crippen molar-refractivity contribution in [3.05, 3.63) is 23.8 Å². The lowest BCUT2D eigenvalue weighted by Gasteiger charge is -2.33. The zero-order valence-corrected chi connectivity index (χ0v) is 10.9. The molecule has 1 saturated carbocycles. The van der Waals surface area contributed by atoms with Gasteiger partial charge >= 0.3 is 0 Å². The summed E-state index contributed by atoms with van der Waals surface area (Å²) in [5.41, 5.74) is 13.1. The van der Waals surface area contributed by atoms with Crippen LogP contribution in [0.5, 0.6) is 0 Å². The first-order valence-electron chi connectivity index (χ1n) is 6.52. The quantitative estimate of drug-likeness (QED) is 0.804. The van der Waals surface area contributed by atoms with Gasteiger partial charge in [-0.2, -0.15) is 0 Å². The Labute approximate surface area is 108 Å². The summed E-state index contributed by atoms with van der Waals surface area (Å²) in [6.45, 7) is 0. The third-order valence-corrected chi connectivity index (χ3v) is 3.79. The van der Waals surface area contributed by atoms with Crippen LogP contribution in [0.15, 0.2) is 18.2 Å². The molecule has 1 aliphatic rings. The van der Waals surface area contributed by atoms with Crippen LogP contribution in [0.25, 0.3) is 0 Å². The van der Waals surface area contributed by atoms with Crippen LogP contribution in [0.3, 0.4) is 0 Å². The number of nitrogens with two attached hydrogens (primary N) is 2. The van der Waals surface area contributed by atoms with Crippen molar-refractivity contribution in [1.29, 1.82) is 0 Å². The van der Waals surface area contributed by atoms with E-state index in [-0.39, 0.29) is 0 Å². The highest BCUT2D eigenvalue weighted by atomic mass is 16.1. The maximum atomic E-state index is 11.5. The standard InChI is InChI=1S/C14H21N3O/c1-17(11-5-3-2-4-6-11)13-8-7-10(15)9-12(13)14(16)18/h7-9,11H,2-6,15H2,1H3,(H2,16,18). The minimum Gasteiger partial charge on any atom is -0.399 e. The number of anilines is 2. The van der Waals surface area contributed by atoms with Gasteiger partial charge in [0.25, 0.3) is 5.91 Å². The Morgan fingerprint density at radius 1 is 1.28 bits per heavy atom. The predicted octanol–water partition coefficient (Wildman–Crippen LogP) is 2.14. The van der Waals surface area contributed by atoms with E-state index in [9.17, 15) is 4.79 Å². The first-order chi connectivity index (χ1) is 8.59. The maximum absolute atomic E-state index is 11.5. The van der Waals surface area contributed by atoms with E-state index in [4.69, 9.17) is 11.5 Å². The molecule has 4 nitrogen and oxygen atoms in total. The molecule has 1 fully saturated rings. The largest absolute Gasteiger partial charge is 0.399 e. The molecule has 1 aromatic carbocycles. The van der Waals surface area contributed by atoms with E-state index >= 15 is 0 Å². The molecule has 0 atom stereocenters. The average Bonchev–Trinajstić information content (AvgIpc) is 2.39. The molecular formula is C14H21N3O. The van der Waals surface area contributed by atoms with Crippen LogP contribution >= 0.6 is 0 Å². The molecule has 4 N–H and O–H groups in total. The van der Waals surface area contributed by atoms with Crippen molar-refractivity contribution in [1.82, 2.24) is 0 Å². The lowest BCUT2D eigenvalue weighted by Crippen LogP contribution is -2.34. The molecule has 0 radical (unpaired) electrons. The monoisotopic (exact) mass is 247 g/mol. The van der Waals surface area contributed by atoms with Crippen LogP contribution in [-0.4, -0.2) is 19.0 Å². The molecule has 0 heterocycles. The fourth-order valence-electron chi connectivity index (χ4n) is 2.72. The summed E-state index contributed by atoms with van der Waals surface area (Å²) in [5, 5.41) is 0. The highest BCUT2D eigenvalue weighted by molar-refractivity contribution is 5.99. The Kier molecular flexibility index (Phi) is 3.75. The van der Waals surface area contributed by atoms with Gasteiger partial charge in [-0.3, -0.25) is 4.79 Å². The molecule has 0 unspecified atom stereocenters. The molecule has 18 heavy (non-hydrogen) atoms. The van der Waals surface area contributed by atoms with Crippen molar-refractivity contribution < 1.29 is 4.79 Å². The first kappa shape index (κ1) is 12.7. The highest BCUT2D eigenvalue weighted by Gasteiger charge is 2.21. The number of primary amides is 1. The van der Waals surface area contributed by atoms with Crippen LogP contribution in [0.2, 0.25) is 0 Å². The van der Waals surface area contributed by atoms with Crippen LogP contribution in [-0.2, 0) is 0 Å². The van der Waals surface area contributed by atoms with Gasteiger partial charge in [0, 0.05) is 24.5 Å². The summed E-state index contributed by atoms with van der Waals surface area (Å²) < 4.78 is 0. The van der Waals surface area contributed by atoms with Gasteiger partial charge in [-0.15, -0.1) is 0 Å². The summed E-state index contributed by atoms with van der Waals surface area (Å²) in [5.74, 6) is -0.417. The number of carbonyl (C=O) groups excluding carboxylic acids is 1. The number of benzene rings is 1. The van der Waals surface area contributed by atoms with E-state index in [1.54, 1.807) is 6.07 Å². The second kappa shape index (κ2) is 5.29. The number of hydrogen-bond acceptors (Lipinski definition) is 3. The second-order valence-electron chi connectivity index (χ2n) is 5.04. The SMILES string of the molecule is CN(c1ccc(N)cc1C(N)=O)C1CCCCC1. The fraction of sp³-hybridized carbons (Fsp3) is 0.500. The summed E-state index contributed by atoms with van der Waals surface area (Å²) >= 11 is 0. The number of nitrogen functional groups attached to an aromatic ring is 1. The van der Waals surface area contributed by atoms with Crippen molar-refractivity contribution in [2.75, 3.05) is 17.7 Å². The number of amides is 1. The molecule has 0 aliphatic heterocycles. The Morgan fingerprint density at radius 2 is 1.94 bits per heavy atom. The predicted molar refractivity (Wildman–Crippen MR) is 74.6 cm³/mol. The topological polar surface area (TPSA) is 72.3 Å². The highest BCUT2D eigenvalue weighted by Crippen LogP contribution is 2.29. The Bertz CT molecular complexity index is 439. The van der Waals surface area contributed by atoms with Crippen molar-refractivity contribution in [3.8, 4) is 0 Å². The van der Waals surface area contributed by atoms with Gasteiger partial charge in [-0.25, -0.2) is 0 Å². The van der Waals surface area contributed by atoms with Gasteiger partial charge < -0.3 is 16.4 Å². The van der Waals surface area contributed by atoms with E-state index in [2.05, 4.69) is 4.90 Å². The van der Waals surface area contributed by atoms with Crippen molar-refractivity contribution in [2.24, 2.45) is 5.73 Å². The minimum absolute atomic E-state index is 0.417. The van der Waals surface area contributed by atoms with Crippen LogP contribution < -0.4 is 16.4 Å². The lowest BCUT2D eigenvalue weighted by atomic mass is 9.93. The molecule has 0 bridgehead atoms. The first-order valence-corrected chi connectivity index (χ1v) is 6.52. The van der Waals surface area contributed by atoms with Crippen molar-refractivity contribution >= 4 is 17.3 Å². The Morgan fingerprint density at radius 3 is 2.56 bits per heavy atom. The minimum atomic E-state index is -0.417. The Hall–Kier alpha value is -1.71. The summed E-state index contributed by atoms with van der Waals surface area (Å²) in [4.78, 5) is 13.7. The number of hydrogen-bond donors (Lipinski definition) is 2. The van der Waals surface area contributed by atoms with E-state index < -0.39 is 5.91 Å². The van der Waals surface area contributed by atoms with Gasteiger partial charge in [0.05, 0.1) is 5.56 Å². The van der Waals surface area contributed by atoms with Gasteiger partial charge in [0.2, 0.25) is 0 Å². The number of rotatable bonds is 3. The van der Waals surface area contributed by atoms with E-state index in [1.165, 1.54) is 32.1 Å². The van der Waals surface area contributed by atoms with Crippen molar-refractivity contribution in [3.63, 3.8) is 0 Å². The van der Waals surface area contributed by atoms with Gasteiger partial charge in [0.1, 0.15) is 0 Å². The summed E-state index contributed by atoms with van der Waals surface area (Å²) in [6.07, 6.45) is 6.19. The van der Waals surface area contributed by atoms with Crippen LogP contribution in [0, 0.1) is 0 Å². The third-order valence-electron chi connectivity index (χ3n) is 3.79. The average molecular weight is 247 g/mol. The zero-order chi connectivity index (χ0) is 13.1. The van der Waals surface area contributed by atoms with E-state index in [1.807, 2.05) is 19.2 Å². The van der Waals surface area contributed by atoms with Gasteiger partial charge in [-0.05, 0) is 31.0 Å². The number of nitrogens with zero attached hydrogens (tertiary/aromatic N) is 1. The third kappa shape index (κ3) is 2.58. The smallest absolute Gasteiger partial charge is 0.250 e. The van der Waals surface area contributed by atoms with Crippen molar-refractivity contribution in [2.45, 2.75) is 38.1 Å². The van der Waals surface area contributed by atoms with E-state index in [0.29, 0.717) is 17.3 Å². The molecule has 0 spiro atoms. The van der Waals surface area contributed by atoms with Gasteiger partial charge in [0.15, 0.2) is 0 Å². The number of carbonyl (C=O) groups is 1. The molecule has 2 rings (SSSR count). The van der Waals surface area contributed by atoms with Crippen LogP contribution in [0.4, 0.5) is 11.4 Å². The molecule has 1 amide bonds. The fourth-order valence-corrected chi connectivity index (χ4v) is 2.72. The maximum Gasteiger partial charge on any atom is 0.250 e. The summed E-state index contributed by atoms with van der Waals surface area (Å²) in [6, 6.07) is 5.88. The summed E-state index contributed by atoms with van der Waals surface area (Å²) in [7, 11) is 2.04. The van der Waals surface area contributed by atoms with Crippen LogP contribution in [0.1, 0.15) is 42.5 Å². The Balaban J connectivity index is 2.28. The molecule has 0 aromatic heterocycles. The van der Waals surface area contributed by atoms with E-state index in [0.717, 1.165) is 5.69 Å². The molecule has 1 aromatic rings. The second-order valence-corrected chi connectivity index (χ2v) is 5.04. The zero-order valence-electron chi connectivity index (χ0n) is 10.9. The molecule has 4 heteroatoms. The normalized spacial score (nSPS) is 16.5. The van der Waals surface area contributed by atoms with Gasteiger partial charge in [-0.1, -0.05) is 19.3 Å². The molecule has 1 aliphatic carbocycles. The molecule has 98 valence electrons.